The summed E-state index contributed by atoms with van der Waals surface area (Å²) in [7, 11) is 0.611. The predicted molar refractivity (Wildman–Crippen MR) is 24.6 cm³/mol. The topological polar surface area (TPSA) is 37.3 Å². The maximum absolute atomic E-state index is 8.28. The molecule has 0 saturated carbocycles. The van der Waals surface area contributed by atoms with Gasteiger partial charge < -0.3 is 9.67 Å². The highest BCUT2D eigenvalue weighted by Crippen LogP contribution is 1.30. The lowest BCUT2D eigenvalue weighted by Gasteiger charge is -1.52. The molecule has 0 amide bonds. The molecule has 0 radical (unpaired) electrons. The van der Waals surface area contributed by atoms with Crippen LogP contribution in [0.1, 0.15) is 6.92 Å². The van der Waals surface area contributed by atoms with Crippen molar-refractivity contribution in [2.75, 3.05) is 6.61 Å². The lowest BCUT2D eigenvalue weighted by atomic mass is 10.9. The molecule has 5 heavy (non-hydrogen) atoms. The number of aliphatic hydroxyl groups excluding tert-OH is 1. The summed E-state index contributed by atoms with van der Waals surface area (Å²) in [5.74, 6) is 0. The van der Waals surface area contributed by atoms with Gasteiger partial charge in [0.05, 0.1) is 9.12 Å². The molecule has 0 spiro atoms. The Labute approximate surface area is 33.4 Å². The number of rotatable bonds is 0. The van der Waals surface area contributed by atoms with E-state index in [9.17, 15) is 0 Å². The Kier molecular flexibility index (Phi) is 53.9. The van der Waals surface area contributed by atoms with Crippen LogP contribution in [0.15, 0.2) is 0 Å². The minimum atomic E-state index is 0.250. The van der Waals surface area contributed by atoms with Gasteiger partial charge in [0.2, 0.25) is 0 Å². The van der Waals surface area contributed by atoms with Gasteiger partial charge in [-0.3, -0.25) is 0 Å². The Morgan fingerprint density at radius 2 is 1.80 bits per heavy atom. The van der Waals surface area contributed by atoms with E-state index in [0.717, 1.165) is 0 Å². The summed E-state index contributed by atoms with van der Waals surface area (Å²) in [5.41, 5.74) is 0. The van der Waals surface area contributed by atoms with Crippen molar-refractivity contribution < 1.29 is 9.67 Å². The van der Waals surface area contributed by atoms with Crippen molar-refractivity contribution >= 4 is 9.12 Å². The molecule has 0 aliphatic heterocycles. The second kappa shape index (κ2) is 30.1. The zero-order valence-electron chi connectivity index (χ0n) is 3.27. The van der Waals surface area contributed by atoms with E-state index in [1.54, 1.807) is 6.92 Å². The lowest BCUT2D eigenvalue weighted by molar-refractivity contribution is 0.318. The fraction of sp³-hybridized carbons (Fsp3) is 1.00. The molecular weight excluding hydrogens is 87.0 g/mol. The first-order valence-electron chi connectivity index (χ1n) is 1.31. The van der Waals surface area contributed by atoms with Gasteiger partial charge in [-0.25, -0.2) is 0 Å². The van der Waals surface area contributed by atoms with Gasteiger partial charge in [-0.2, -0.15) is 0 Å². The summed E-state index contributed by atoms with van der Waals surface area (Å²) in [5, 5.41) is 7.57. The van der Waals surface area contributed by atoms with E-state index >= 15 is 0 Å². The second-order valence-corrected chi connectivity index (χ2v) is 0.316. The molecule has 0 aliphatic carbocycles. The van der Waals surface area contributed by atoms with Crippen LogP contribution in [0.25, 0.3) is 0 Å². The summed E-state index contributed by atoms with van der Waals surface area (Å²) in [4.78, 5) is 0. The van der Waals surface area contributed by atoms with Crippen molar-refractivity contribution in [1.29, 1.82) is 0 Å². The first-order chi connectivity index (χ1) is 2.41. The average Bonchev–Trinajstić information content (AvgIpc) is 1.46. The molecule has 3 heteroatoms. The van der Waals surface area contributed by atoms with Crippen molar-refractivity contribution in [2.45, 2.75) is 6.92 Å². The number of hydrogen-bond acceptors (Lipinski definition) is 2. The Morgan fingerprint density at radius 1 is 1.80 bits per heavy atom. The summed E-state index contributed by atoms with van der Waals surface area (Å²) in [6.07, 6.45) is 0. The van der Waals surface area contributed by atoms with Gasteiger partial charge in [-0.1, -0.05) is 0 Å². The molecule has 2 nitrogen and oxygen atoms in total. The largest absolute Gasteiger partial charge is 0.397 e. The van der Waals surface area contributed by atoms with Crippen LogP contribution in [0.5, 0.6) is 0 Å². The molecule has 0 rings (SSSR count). The third kappa shape index (κ3) is 557. The highest BCUT2D eigenvalue weighted by molar-refractivity contribution is 7.00. The third-order valence-corrected chi connectivity index (χ3v) is 0. The molecular formula is C2H9O2P. The number of hydrogen-bond donors (Lipinski definition) is 1. The highest BCUT2D eigenvalue weighted by atomic mass is 31.0. The monoisotopic (exact) mass is 96.0 g/mol. The van der Waals surface area contributed by atoms with Crippen LogP contribution in [0.2, 0.25) is 0 Å². The molecule has 1 unspecified atom stereocenters. The van der Waals surface area contributed by atoms with E-state index < -0.39 is 0 Å². The molecule has 1 N–H and O–H groups in total. The molecule has 0 aromatic carbocycles. The summed E-state index contributed by atoms with van der Waals surface area (Å²) in [6.45, 7) is 1.93. The van der Waals surface area contributed by atoms with E-state index in [2.05, 4.69) is 0 Å². The summed E-state index contributed by atoms with van der Waals surface area (Å²) < 4.78 is 8.28. The smallest absolute Gasteiger partial charge is 0.0527 e. The van der Waals surface area contributed by atoms with Crippen LogP contribution < -0.4 is 0 Å². The molecule has 0 bridgehead atoms. The Balaban J connectivity index is 0. The maximum Gasteiger partial charge on any atom is 0.0527 e. The molecule has 34 valence electrons. The van der Waals surface area contributed by atoms with E-state index in [4.69, 9.17) is 9.67 Å². The fourth-order valence-electron chi connectivity index (χ4n) is 0. The Morgan fingerprint density at radius 3 is 1.80 bits per heavy atom. The Hall–Kier alpha value is 0.190. The normalized spacial score (nSPS) is 5.20. The predicted octanol–water partition coefficient (Wildman–Crippen LogP) is -0.0621. The highest BCUT2D eigenvalue weighted by Gasteiger charge is 1.34. The fourth-order valence-corrected chi connectivity index (χ4v) is 0. The molecule has 1 atom stereocenters. The lowest BCUT2D eigenvalue weighted by Crippen LogP contribution is -1.57. The van der Waals surface area contributed by atoms with Crippen LogP contribution in [-0.4, -0.2) is 11.7 Å². The average molecular weight is 96.1 g/mol. The van der Waals surface area contributed by atoms with Crippen molar-refractivity contribution in [3.05, 3.63) is 0 Å². The van der Waals surface area contributed by atoms with Crippen molar-refractivity contribution in [1.82, 2.24) is 0 Å². The summed E-state index contributed by atoms with van der Waals surface area (Å²) in [6, 6.07) is 0. The SMILES string of the molecule is CCO.O=[PH3]. The van der Waals surface area contributed by atoms with Gasteiger partial charge in [-0.15, -0.1) is 0 Å². The van der Waals surface area contributed by atoms with Crippen molar-refractivity contribution in [2.24, 2.45) is 0 Å². The van der Waals surface area contributed by atoms with Gasteiger partial charge in [0.15, 0.2) is 0 Å². The van der Waals surface area contributed by atoms with Gasteiger partial charge in [0.1, 0.15) is 0 Å². The molecule has 0 saturated heterocycles. The zero-order chi connectivity index (χ0) is 4.71. The standard InChI is InChI=1S/C2H6O.H3OP/c1-2-3;1-2/h3H,2H2,1H3;2H3. The molecule has 0 heterocycles. The van der Waals surface area contributed by atoms with Crippen LogP contribution in [-0.2, 0) is 4.57 Å². The first-order valence-corrected chi connectivity index (χ1v) is 1.89. The van der Waals surface area contributed by atoms with E-state index in [0.29, 0.717) is 9.12 Å². The van der Waals surface area contributed by atoms with Gasteiger partial charge in [0, 0.05) is 6.61 Å². The molecule has 0 fully saturated rings. The molecule has 0 aromatic rings. The quantitative estimate of drug-likeness (QED) is 0.429. The summed E-state index contributed by atoms with van der Waals surface area (Å²) >= 11 is 0. The van der Waals surface area contributed by atoms with Gasteiger partial charge in [0.25, 0.3) is 0 Å². The minimum absolute atomic E-state index is 0.250. The Bertz CT molecular complexity index is 11.6. The minimum Gasteiger partial charge on any atom is -0.397 e. The second-order valence-electron chi connectivity index (χ2n) is 0.316. The van der Waals surface area contributed by atoms with E-state index in [1.165, 1.54) is 0 Å². The van der Waals surface area contributed by atoms with Gasteiger partial charge >= 0.3 is 0 Å². The maximum atomic E-state index is 8.28. The van der Waals surface area contributed by atoms with Crippen LogP contribution in [0.3, 0.4) is 0 Å². The van der Waals surface area contributed by atoms with Crippen LogP contribution in [0, 0.1) is 0 Å². The van der Waals surface area contributed by atoms with E-state index in [1.807, 2.05) is 0 Å². The van der Waals surface area contributed by atoms with Crippen molar-refractivity contribution in [3.8, 4) is 0 Å². The zero-order valence-corrected chi connectivity index (χ0v) is 4.68. The molecule has 0 aromatic heterocycles. The first kappa shape index (κ1) is 8.95. The van der Waals surface area contributed by atoms with Crippen LogP contribution in [0.4, 0.5) is 0 Å². The molecule has 0 aliphatic rings. The van der Waals surface area contributed by atoms with Crippen LogP contribution >= 0.6 is 9.12 Å². The van der Waals surface area contributed by atoms with Gasteiger partial charge in [-0.05, 0) is 6.92 Å². The number of aliphatic hydroxyl groups is 1. The van der Waals surface area contributed by atoms with Crippen molar-refractivity contribution in [3.63, 3.8) is 0 Å². The third-order valence-electron chi connectivity index (χ3n) is 0. The van der Waals surface area contributed by atoms with E-state index in [-0.39, 0.29) is 6.61 Å².